The van der Waals surface area contributed by atoms with E-state index in [0.717, 1.165) is 16.9 Å². The fraction of sp³-hybridized carbons (Fsp3) is 0.154. The van der Waals surface area contributed by atoms with Crippen LogP contribution in [0.25, 0.3) is 22.0 Å². The number of halogens is 1. The summed E-state index contributed by atoms with van der Waals surface area (Å²) in [6, 6.07) is 18.5. The fourth-order valence-electron chi connectivity index (χ4n) is 3.54. The Morgan fingerprint density at radius 1 is 1.00 bits per heavy atom. The molecule has 4 aromatic rings. The van der Waals surface area contributed by atoms with Gasteiger partial charge in [0.05, 0.1) is 19.2 Å². The largest absolute Gasteiger partial charge is 0.513 e. The second-order valence-corrected chi connectivity index (χ2v) is 7.92. The molecular formula is C26H22ClNO5. The highest BCUT2D eigenvalue weighted by Gasteiger charge is 2.20. The van der Waals surface area contributed by atoms with Crippen molar-refractivity contribution in [3.05, 3.63) is 82.5 Å². The molecule has 1 N–H and O–H groups in total. The third kappa shape index (κ3) is 4.77. The summed E-state index contributed by atoms with van der Waals surface area (Å²) in [5, 5.41) is 10.4. The number of hydrogen-bond donors (Lipinski definition) is 1. The molecule has 0 amide bonds. The number of aryl methyl sites for hydroxylation is 2. The molecule has 3 aromatic carbocycles. The minimum atomic E-state index is -0.857. The Morgan fingerprint density at radius 2 is 1.64 bits per heavy atom. The summed E-state index contributed by atoms with van der Waals surface area (Å²) < 4.78 is 16.2. The number of carbonyl (C=O) groups excluding carboxylic acids is 1. The van der Waals surface area contributed by atoms with E-state index in [0.29, 0.717) is 38.5 Å². The maximum Gasteiger partial charge on any atom is 0.513 e. The first-order valence-electron chi connectivity index (χ1n) is 10.2. The third-order valence-electron chi connectivity index (χ3n) is 5.21. The minimum absolute atomic E-state index is 0.229. The van der Waals surface area contributed by atoms with Gasteiger partial charge in [-0.25, -0.2) is 4.79 Å². The van der Waals surface area contributed by atoms with Crippen LogP contribution in [0.4, 0.5) is 4.79 Å². The number of nitrogens with zero attached hydrogens (tertiary/aromatic N) is 1. The van der Waals surface area contributed by atoms with Gasteiger partial charge in [0.2, 0.25) is 0 Å². The van der Waals surface area contributed by atoms with Gasteiger partial charge in [-0.3, -0.25) is 4.98 Å². The van der Waals surface area contributed by atoms with Crippen molar-refractivity contribution in [2.24, 2.45) is 0 Å². The monoisotopic (exact) mass is 463 g/mol. The van der Waals surface area contributed by atoms with Crippen molar-refractivity contribution >= 4 is 28.7 Å². The van der Waals surface area contributed by atoms with Crippen LogP contribution in [0.3, 0.4) is 0 Å². The number of aliphatic hydroxyl groups is 1. The Labute approximate surface area is 196 Å². The molecule has 168 valence electrons. The molecule has 0 aliphatic carbocycles. The van der Waals surface area contributed by atoms with Crippen molar-refractivity contribution in [1.82, 2.24) is 4.98 Å². The molecule has 0 unspecified atom stereocenters. The second-order valence-electron chi connectivity index (χ2n) is 7.52. The maximum atomic E-state index is 12.1. The van der Waals surface area contributed by atoms with Crippen LogP contribution in [-0.4, -0.2) is 23.4 Å². The van der Waals surface area contributed by atoms with Gasteiger partial charge in [-0.1, -0.05) is 41.4 Å². The van der Waals surface area contributed by atoms with Crippen LogP contribution in [0.5, 0.6) is 17.2 Å². The van der Waals surface area contributed by atoms with Gasteiger partial charge in [0, 0.05) is 21.7 Å². The normalized spacial score (nSPS) is 10.8. The highest BCUT2D eigenvalue weighted by atomic mass is 35.5. The van der Waals surface area contributed by atoms with E-state index in [-0.39, 0.29) is 12.4 Å². The zero-order valence-corrected chi connectivity index (χ0v) is 19.1. The van der Waals surface area contributed by atoms with Crippen LogP contribution in [0.15, 0.2) is 60.7 Å². The number of aromatic nitrogens is 1. The number of aliphatic hydroxyl groups excluding tert-OH is 1. The van der Waals surface area contributed by atoms with Crippen molar-refractivity contribution < 1.29 is 24.1 Å². The summed E-state index contributed by atoms with van der Waals surface area (Å²) in [5.41, 5.74) is 4.27. The molecule has 7 heteroatoms. The molecule has 1 aromatic heterocycles. The van der Waals surface area contributed by atoms with Crippen molar-refractivity contribution in [3.63, 3.8) is 0 Å². The summed E-state index contributed by atoms with van der Waals surface area (Å²) in [6.45, 7) is 3.61. The number of hydrogen-bond acceptors (Lipinski definition) is 6. The average molecular weight is 464 g/mol. The summed E-state index contributed by atoms with van der Waals surface area (Å²) in [4.78, 5) is 16.7. The Balaban J connectivity index is 1.80. The van der Waals surface area contributed by atoms with Crippen LogP contribution >= 0.6 is 11.6 Å². The summed E-state index contributed by atoms with van der Waals surface area (Å²) in [5.74, 6) is 1.68. The molecule has 0 spiro atoms. The van der Waals surface area contributed by atoms with Gasteiger partial charge in [0.1, 0.15) is 11.5 Å². The molecule has 0 aliphatic rings. The number of methoxy groups -OCH3 is 1. The number of fused-ring (bicyclic) bond motifs is 1. The number of carbonyl (C=O) groups is 1. The molecule has 0 fully saturated rings. The smallest absolute Gasteiger partial charge is 0.457 e. The van der Waals surface area contributed by atoms with Gasteiger partial charge >= 0.3 is 6.16 Å². The van der Waals surface area contributed by atoms with E-state index < -0.39 is 6.16 Å². The maximum absolute atomic E-state index is 12.1. The number of pyridine rings is 1. The average Bonchev–Trinajstić information content (AvgIpc) is 2.81. The van der Waals surface area contributed by atoms with Crippen LogP contribution in [0.1, 0.15) is 16.8 Å². The molecule has 0 saturated heterocycles. The van der Waals surface area contributed by atoms with Crippen LogP contribution < -0.4 is 9.47 Å². The Kier molecular flexibility index (Phi) is 6.49. The highest BCUT2D eigenvalue weighted by Crippen LogP contribution is 2.41. The molecule has 4 rings (SSSR count). The van der Waals surface area contributed by atoms with Gasteiger partial charge in [0.15, 0.2) is 5.75 Å². The molecule has 33 heavy (non-hydrogen) atoms. The zero-order chi connectivity index (χ0) is 23.5. The van der Waals surface area contributed by atoms with Gasteiger partial charge in [-0.15, -0.1) is 0 Å². The lowest BCUT2D eigenvalue weighted by Gasteiger charge is -2.16. The Morgan fingerprint density at radius 3 is 2.24 bits per heavy atom. The summed E-state index contributed by atoms with van der Waals surface area (Å²) in [7, 11) is 1.24. The number of ether oxygens (including phenoxy) is 3. The third-order valence-corrected chi connectivity index (χ3v) is 5.56. The standard InChI is InChI=1S/C26H22ClNO5/c1-15-4-8-19(9-5-15)32-20-10-6-17(7-11-20)24-16(2)28-23-12-18(14-29)22(27)13-21(23)25(24)33-26(30)31-3/h4-13,29H,14H2,1-3H3. The first-order valence-corrected chi connectivity index (χ1v) is 10.6. The van der Waals surface area contributed by atoms with E-state index in [9.17, 15) is 9.90 Å². The second kappa shape index (κ2) is 9.48. The Bertz CT molecular complexity index is 1320. The van der Waals surface area contributed by atoms with Gasteiger partial charge in [-0.2, -0.15) is 0 Å². The van der Waals surface area contributed by atoms with Crippen molar-refractivity contribution in [3.8, 4) is 28.4 Å². The molecule has 0 radical (unpaired) electrons. The predicted octanol–water partition coefficient (Wildman–Crippen LogP) is 6.60. The molecule has 0 atom stereocenters. The Hall–Kier alpha value is -3.61. The summed E-state index contributed by atoms with van der Waals surface area (Å²) in [6.07, 6.45) is -0.857. The lowest BCUT2D eigenvalue weighted by atomic mass is 9.99. The minimum Gasteiger partial charge on any atom is -0.457 e. The zero-order valence-electron chi connectivity index (χ0n) is 18.4. The lowest BCUT2D eigenvalue weighted by Crippen LogP contribution is -2.10. The van der Waals surface area contributed by atoms with Gasteiger partial charge < -0.3 is 19.3 Å². The number of benzene rings is 3. The van der Waals surface area contributed by atoms with Crippen LogP contribution in [0, 0.1) is 13.8 Å². The quantitative estimate of drug-likeness (QED) is 0.336. The van der Waals surface area contributed by atoms with E-state index in [1.807, 2.05) is 62.4 Å². The fourth-order valence-corrected chi connectivity index (χ4v) is 3.76. The number of rotatable bonds is 5. The van der Waals surface area contributed by atoms with E-state index >= 15 is 0 Å². The molecule has 0 saturated carbocycles. The molecular weight excluding hydrogens is 442 g/mol. The van der Waals surface area contributed by atoms with Crippen molar-refractivity contribution in [2.45, 2.75) is 20.5 Å². The SMILES string of the molecule is COC(=O)Oc1c(-c2ccc(Oc3ccc(C)cc3)cc2)c(C)nc2cc(CO)c(Cl)cc12. The van der Waals surface area contributed by atoms with Crippen LogP contribution in [0.2, 0.25) is 5.02 Å². The van der Waals surface area contributed by atoms with Gasteiger partial charge in [0.25, 0.3) is 0 Å². The first kappa shape index (κ1) is 22.6. The molecule has 6 nitrogen and oxygen atoms in total. The van der Waals surface area contributed by atoms with E-state index in [1.54, 1.807) is 12.1 Å². The van der Waals surface area contributed by atoms with Crippen LogP contribution in [-0.2, 0) is 11.3 Å². The molecule has 1 heterocycles. The first-order chi connectivity index (χ1) is 15.9. The van der Waals surface area contributed by atoms with E-state index in [4.69, 9.17) is 25.8 Å². The van der Waals surface area contributed by atoms with E-state index in [2.05, 4.69) is 4.98 Å². The molecule has 0 bridgehead atoms. The predicted molar refractivity (Wildman–Crippen MR) is 127 cm³/mol. The van der Waals surface area contributed by atoms with E-state index in [1.165, 1.54) is 7.11 Å². The van der Waals surface area contributed by atoms with Gasteiger partial charge in [-0.05, 0) is 61.4 Å². The van der Waals surface area contributed by atoms with Crippen molar-refractivity contribution in [1.29, 1.82) is 0 Å². The highest BCUT2D eigenvalue weighted by molar-refractivity contribution is 6.32. The summed E-state index contributed by atoms with van der Waals surface area (Å²) >= 11 is 6.32. The topological polar surface area (TPSA) is 77.9 Å². The van der Waals surface area contributed by atoms with Crippen molar-refractivity contribution in [2.75, 3.05) is 7.11 Å². The lowest BCUT2D eigenvalue weighted by molar-refractivity contribution is 0.122. The molecule has 0 aliphatic heterocycles.